The number of esters is 1. The predicted octanol–water partition coefficient (Wildman–Crippen LogP) is 4.58. The van der Waals surface area contributed by atoms with E-state index in [2.05, 4.69) is 16.6 Å². The normalized spacial score (nSPS) is 10.5. The van der Waals surface area contributed by atoms with Crippen LogP contribution in [0.15, 0.2) is 24.3 Å². The van der Waals surface area contributed by atoms with Gasteiger partial charge in [0, 0.05) is 36.7 Å². The third-order valence-electron chi connectivity index (χ3n) is 4.63. The van der Waals surface area contributed by atoms with Crippen LogP contribution in [0.5, 0.6) is 5.75 Å². The number of carbonyl (C=O) groups excluding carboxylic acids is 1. The molecule has 0 spiro atoms. The van der Waals surface area contributed by atoms with E-state index in [9.17, 15) is 9.59 Å². The van der Waals surface area contributed by atoms with Gasteiger partial charge in [0.1, 0.15) is 5.75 Å². The number of carboxylic acids is 1. The number of ether oxygens (including phenoxy) is 2. The summed E-state index contributed by atoms with van der Waals surface area (Å²) < 4.78 is 10.7. The quantitative estimate of drug-likeness (QED) is 0.183. The van der Waals surface area contributed by atoms with Crippen LogP contribution in [-0.4, -0.2) is 42.5 Å². The van der Waals surface area contributed by atoms with Gasteiger partial charge in [0.2, 0.25) is 0 Å². The van der Waals surface area contributed by atoms with Crippen LogP contribution in [-0.2, 0) is 14.3 Å². The second kappa shape index (κ2) is 17.0. The van der Waals surface area contributed by atoms with Crippen LogP contribution in [0.2, 0.25) is 0 Å². The Morgan fingerprint density at radius 2 is 1.77 bits per heavy atom. The maximum absolute atomic E-state index is 11.5. The summed E-state index contributed by atoms with van der Waals surface area (Å²) in [6.45, 7) is 0.724. The molecule has 0 heterocycles. The first kappa shape index (κ1) is 26.3. The minimum atomic E-state index is -0.734. The van der Waals surface area contributed by atoms with E-state index >= 15 is 0 Å². The molecule has 0 fully saturated rings. The molecule has 2 N–H and O–H groups in total. The molecule has 0 amide bonds. The maximum Gasteiger partial charge on any atom is 0.330 e. The van der Waals surface area contributed by atoms with Crippen molar-refractivity contribution in [3.05, 3.63) is 35.4 Å². The number of unbranched alkanes of at least 4 members (excludes halogenated alkanes) is 7. The van der Waals surface area contributed by atoms with Crippen LogP contribution < -0.4 is 4.74 Å². The molecule has 6 nitrogen and oxygen atoms in total. The van der Waals surface area contributed by atoms with Crippen molar-refractivity contribution in [3.8, 4) is 17.6 Å². The molecular weight excluding hydrogens is 396 g/mol. The molecule has 1 aromatic carbocycles. The SMILES string of the molecule is COC(=O)/C=C/c1c(C#CCCCCO)cccc1OCCCCCCCCC(=O)O. The second-order valence-corrected chi connectivity index (χ2v) is 7.17. The number of rotatable bonds is 15. The lowest BCUT2D eigenvalue weighted by molar-refractivity contribution is -0.137. The highest BCUT2D eigenvalue weighted by atomic mass is 16.5. The van der Waals surface area contributed by atoms with Gasteiger partial charge >= 0.3 is 11.9 Å². The summed E-state index contributed by atoms with van der Waals surface area (Å²) in [6, 6.07) is 5.63. The van der Waals surface area contributed by atoms with Crippen LogP contribution in [0.25, 0.3) is 6.08 Å². The number of carboxylic acid groups (broad SMARTS) is 1. The molecule has 0 aromatic heterocycles. The summed E-state index contributed by atoms with van der Waals surface area (Å²) in [7, 11) is 1.33. The smallest absolute Gasteiger partial charge is 0.330 e. The van der Waals surface area contributed by atoms with Gasteiger partial charge in [-0.1, -0.05) is 43.6 Å². The van der Waals surface area contributed by atoms with E-state index in [1.165, 1.54) is 13.2 Å². The Labute approximate surface area is 185 Å². The van der Waals surface area contributed by atoms with E-state index < -0.39 is 11.9 Å². The number of aliphatic carboxylic acids is 1. The van der Waals surface area contributed by atoms with Gasteiger partial charge in [-0.05, 0) is 43.9 Å². The minimum absolute atomic E-state index is 0.167. The van der Waals surface area contributed by atoms with E-state index in [-0.39, 0.29) is 13.0 Å². The Morgan fingerprint density at radius 3 is 2.48 bits per heavy atom. The largest absolute Gasteiger partial charge is 0.493 e. The number of hydrogen-bond donors (Lipinski definition) is 2. The monoisotopic (exact) mass is 430 g/mol. The van der Waals surface area contributed by atoms with Gasteiger partial charge in [0.15, 0.2) is 0 Å². The van der Waals surface area contributed by atoms with E-state index in [1.807, 2.05) is 18.2 Å². The summed E-state index contributed by atoms with van der Waals surface area (Å²) in [4.78, 5) is 22.0. The number of carbonyl (C=O) groups is 2. The van der Waals surface area contributed by atoms with Gasteiger partial charge in [-0.25, -0.2) is 4.79 Å². The number of aliphatic hydroxyl groups is 1. The van der Waals surface area contributed by atoms with Crippen LogP contribution in [0.3, 0.4) is 0 Å². The Balaban J connectivity index is 2.63. The maximum atomic E-state index is 11.5. The Kier molecular flexibility index (Phi) is 14.4. The first-order valence-electron chi connectivity index (χ1n) is 10.9. The molecule has 0 aliphatic rings. The van der Waals surface area contributed by atoms with Crippen molar-refractivity contribution in [2.24, 2.45) is 0 Å². The van der Waals surface area contributed by atoms with Gasteiger partial charge in [-0.3, -0.25) is 4.79 Å². The van der Waals surface area contributed by atoms with Gasteiger partial charge in [-0.15, -0.1) is 0 Å². The topological polar surface area (TPSA) is 93.1 Å². The fraction of sp³-hybridized carbons (Fsp3) is 0.520. The van der Waals surface area contributed by atoms with Gasteiger partial charge < -0.3 is 19.7 Å². The average Bonchev–Trinajstić information content (AvgIpc) is 2.76. The Bertz CT molecular complexity index is 757. The molecule has 0 unspecified atom stereocenters. The van der Waals surface area contributed by atoms with E-state index in [4.69, 9.17) is 14.9 Å². The molecule has 0 aliphatic carbocycles. The summed E-state index contributed by atoms with van der Waals surface area (Å²) in [6.07, 6.45) is 11.2. The number of hydrogen-bond acceptors (Lipinski definition) is 5. The van der Waals surface area contributed by atoms with Crippen molar-refractivity contribution in [1.29, 1.82) is 0 Å². The fourth-order valence-electron chi connectivity index (χ4n) is 2.92. The van der Waals surface area contributed by atoms with Crippen molar-refractivity contribution < 1.29 is 29.3 Å². The molecule has 170 valence electrons. The molecule has 0 atom stereocenters. The number of benzene rings is 1. The molecule has 0 saturated carbocycles. The number of aliphatic hydroxyl groups excluding tert-OH is 1. The van der Waals surface area contributed by atoms with Crippen molar-refractivity contribution in [1.82, 2.24) is 0 Å². The molecule has 31 heavy (non-hydrogen) atoms. The van der Waals surface area contributed by atoms with E-state index in [0.717, 1.165) is 62.5 Å². The molecule has 0 bridgehead atoms. The van der Waals surface area contributed by atoms with Crippen molar-refractivity contribution in [2.45, 2.75) is 64.2 Å². The van der Waals surface area contributed by atoms with Crippen LogP contribution in [0.4, 0.5) is 0 Å². The zero-order valence-electron chi connectivity index (χ0n) is 18.4. The predicted molar refractivity (Wildman–Crippen MR) is 121 cm³/mol. The highest BCUT2D eigenvalue weighted by molar-refractivity contribution is 5.88. The average molecular weight is 431 g/mol. The first-order chi connectivity index (χ1) is 15.1. The van der Waals surface area contributed by atoms with Gasteiger partial charge in [0.25, 0.3) is 0 Å². The fourth-order valence-corrected chi connectivity index (χ4v) is 2.92. The van der Waals surface area contributed by atoms with Crippen molar-refractivity contribution in [2.75, 3.05) is 20.3 Å². The van der Waals surface area contributed by atoms with Crippen molar-refractivity contribution in [3.63, 3.8) is 0 Å². The lowest BCUT2D eigenvalue weighted by atomic mass is 10.1. The van der Waals surface area contributed by atoms with Crippen LogP contribution in [0, 0.1) is 11.8 Å². The molecule has 0 saturated heterocycles. The van der Waals surface area contributed by atoms with Gasteiger partial charge in [0.05, 0.1) is 13.7 Å². The number of methoxy groups -OCH3 is 1. The van der Waals surface area contributed by atoms with E-state index in [0.29, 0.717) is 18.8 Å². The second-order valence-electron chi connectivity index (χ2n) is 7.17. The lowest BCUT2D eigenvalue weighted by Crippen LogP contribution is -2.01. The third-order valence-corrected chi connectivity index (χ3v) is 4.63. The highest BCUT2D eigenvalue weighted by Gasteiger charge is 2.07. The lowest BCUT2D eigenvalue weighted by Gasteiger charge is -2.11. The highest BCUT2D eigenvalue weighted by Crippen LogP contribution is 2.24. The molecule has 0 radical (unpaired) electrons. The molecule has 0 aliphatic heterocycles. The molecular formula is C25H34O6. The zero-order chi connectivity index (χ0) is 22.7. The molecule has 1 aromatic rings. The molecule has 6 heteroatoms. The van der Waals surface area contributed by atoms with Crippen LogP contribution in [0.1, 0.15) is 75.3 Å². The molecule has 1 rings (SSSR count). The minimum Gasteiger partial charge on any atom is -0.493 e. The third kappa shape index (κ3) is 12.5. The Hall–Kier alpha value is -2.78. The first-order valence-corrected chi connectivity index (χ1v) is 10.9. The van der Waals surface area contributed by atoms with Gasteiger partial charge in [-0.2, -0.15) is 0 Å². The standard InChI is InChI=1S/C25H34O6/c1-30-25(29)18-17-22-21(13-8-5-6-10-19-26)14-12-15-23(22)31-20-11-7-3-2-4-9-16-24(27)28/h12,14-15,17-18,26H,2-7,9-11,16,19-20H2,1H3,(H,27,28)/b18-17+. The van der Waals surface area contributed by atoms with Crippen molar-refractivity contribution >= 4 is 18.0 Å². The van der Waals surface area contributed by atoms with E-state index in [1.54, 1.807) is 6.08 Å². The summed E-state index contributed by atoms with van der Waals surface area (Å²) in [5, 5.41) is 17.5. The zero-order valence-corrected chi connectivity index (χ0v) is 18.4. The summed E-state index contributed by atoms with van der Waals surface area (Å²) >= 11 is 0. The summed E-state index contributed by atoms with van der Waals surface area (Å²) in [5.74, 6) is 5.74. The summed E-state index contributed by atoms with van der Waals surface area (Å²) in [5.41, 5.74) is 1.52. The Morgan fingerprint density at radius 1 is 1.03 bits per heavy atom. The van der Waals surface area contributed by atoms with Crippen LogP contribution >= 0.6 is 0 Å².